The summed E-state index contributed by atoms with van der Waals surface area (Å²) in [5, 5.41) is 10.5. The fourth-order valence-electron chi connectivity index (χ4n) is 0.956. The highest BCUT2D eigenvalue weighted by Gasteiger charge is 2.12. The molecule has 0 aliphatic carbocycles. The van der Waals surface area contributed by atoms with Gasteiger partial charge in [0.05, 0.1) is 18.4 Å². The summed E-state index contributed by atoms with van der Waals surface area (Å²) in [7, 11) is 0. The van der Waals surface area contributed by atoms with Gasteiger partial charge in [-0.05, 0) is 12.1 Å². The lowest BCUT2D eigenvalue weighted by Gasteiger charge is -2.01. The van der Waals surface area contributed by atoms with Crippen molar-refractivity contribution in [1.82, 2.24) is 5.32 Å². The second-order valence-corrected chi connectivity index (χ2v) is 4.16. The normalized spacial score (nSPS) is 9.88. The maximum absolute atomic E-state index is 11.3. The summed E-state index contributed by atoms with van der Waals surface area (Å²) in [6.45, 7) is 0. The lowest BCUT2D eigenvalue weighted by molar-refractivity contribution is -0.136. The van der Waals surface area contributed by atoms with E-state index in [1.165, 1.54) is 12.3 Å². The molecule has 1 aromatic rings. The number of carboxylic acids is 1. The SMILES string of the molecule is O=C(O)CCSCC(=O)NC(=O)c1ccco1. The summed E-state index contributed by atoms with van der Waals surface area (Å²) in [4.78, 5) is 32.8. The van der Waals surface area contributed by atoms with Gasteiger partial charge >= 0.3 is 5.97 Å². The number of furan rings is 1. The molecule has 1 rings (SSSR count). The molecule has 0 aliphatic heterocycles. The molecule has 6 nitrogen and oxygen atoms in total. The first-order chi connectivity index (χ1) is 8.09. The number of carbonyl (C=O) groups is 3. The zero-order chi connectivity index (χ0) is 12.7. The number of nitrogens with one attached hydrogen (secondary N) is 1. The molecule has 2 amide bonds. The van der Waals surface area contributed by atoms with Crippen LogP contribution in [0.2, 0.25) is 0 Å². The summed E-state index contributed by atoms with van der Waals surface area (Å²) >= 11 is 1.15. The summed E-state index contributed by atoms with van der Waals surface area (Å²) < 4.78 is 4.80. The van der Waals surface area contributed by atoms with Gasteiger partial charge < -0.3 is 9.52 Å². The number of aliphatic carboxylic acids is 1. The van der Waals surface area contributed by atoms with Crippen molar-refractivity contribution in [3.05, 3.63) is 24.2 Å². The van der Waals surface area contributed by atoms with Crippen LogP contribution in [-0.4, -0.2) is 34.4 Å². The van der Waals surface area contributed by atoms with Crippen LogP contribution in [0.5, 0.6) is 0 Å². The molecule has 0 aromatic carbocycles. The van der Waals surface area contributed by atoms with Gasteiger partial charge in [0.1, 0.15) is 0 Å². The predicted octanol–water partition coefficient (Wildman–Crippen LogP) is 0.744. The number of thioether (sulfide) groups is 1. The van der Waals surface area contributed by atoms with Crippen molar-refractivity contribution in [3.63, 3.8) is 0 Å². The van der Waals surface area contributed by atoms with Crippen molar-refractivity contribution < 1.29 is 23.9 Å². The van der Waals surface area contributed by atoms with Crippen LogP contribution in [0.3, 0.4) is 0 Å². The van der Waals surface area contributed by atoms with E-state index in [9.17, 15) is 14.4 Å². The molecule has 7 heteroatoms. The Morgan fingerprint density at radius 2 is 2.18 bits per heavy atom. The van der Waals surface area contributed by atoms with E-state index in [2.05, 4.69) is 5.32 Å². The number of carbonyl (C=O) groups excluding carboxylic acids is 2. The minimum absolute atomic E-state index is 0.00984. The Hall–Kier alpha value is -1.76. The molecule has 2 N–H and O–H groups in total. The van der Waals surface area contributed by atoms with Crippen molar-refractivity contribution in [3.8, 4) is 0 Å². The predicted molar refractivity (Wildman–Crippen MR) is 60.8 cm³/mol. The average Bonchev–Trinajstić information content (AvgIpc) is 2.77. The summed E-state index contributed by atoms with van der Waals surface area (Å²) in [6, 6.07) is 2.99. The molecule has 17 heavy (non-hydrogen) atoms. The smallest absolute Gasteiger partial charge is 0.304 e. The van der Waals surface area contributed by atoms with Gasteiger partial charge in [-0.25, -0.2) is 0 Å². The van der Waals surface area contributed by atoms with E-state index >= 15 is 0 Å². The van der Waals surface area contributed by atoms with Gasteiger partial charge in [-0.1, -0.05) is 0 Å². The third-order valence-corrected chi connectivity index (χ3v) is 2.65. The molecule has 0 aliphatic rings. The number of hydrogen-bond donors (Lipinski definition) is 2. The second-order valence-electron chi connectivity index (χ2n) is 3.05. The van der Waals surface area contributed by atoms with Gasteiger partial charge in [0.25, 0.3) is 5.91 Å². The monoisotopic (exact) mass is 257 g/mol. The Morgan fingerprint density at radius 1 is 1.41 bits per heavy atom. The molecule has 92 valence electrons. The van der Waals surface area contributed by atoms with Gasteiger partial charge in [-0.2, -0.15) is 11.8 Å². The van der Waals surface area contributed by atoms with Crippen molar-refractivity contribution >= 4 is 29.5 Å². The van der Waals surface area contributed by atoms with Crippen molar-refractivity contribution in [2.45, 2.75) is 6.42 Å². The van der Waals surface area contributed by atoms with Crippen molar-refractivity contribution in [2.24, 2.45) is 0 Å². The first-order valence-electron chi connectivity index (χ1n) is 4.77. The average molecular weight is 257 g/mol. The van der Waals surface area contributed by atoms with Gasteiger partial charge in [-0.3, -0.25) is 19.7 Å². The van der Waals surface area contributed by atoms with E-state index < -0.39 is 17.8 Å². The first-order valence-corrected chi connectivity index (χ1v) is 5.92. The third kappa shape index (κ3) is 5.21. The van der Waals surface area contributed by atoms with Gasteiger partial charge in [0.2, 0.25) is 5.91 Å². The van der Waals surface area contributed by atoms with Crippen LogP contribution in [0.1, 0.15) is 17.0 Å². The minimum atomic E-state index is -0.912. The molecule has 1 heterocycles. The van der Waals surface area contributed by atoms with E-state index in [0.29, 0.717) is 5.75 Å². The first kappa shape index (κ1) is 13.3. The van der Waals surface area contributed by atoms with E-state index in [-0.39, 0.29) is 17.9 Å². The number of hydrogen-bond acceptors (Lipinski definition) is 5. The maximum atomic E-state index is 11.3. The molecule has 0 saturated carbocycles. The molecule has 0 bridgehead atoms. The fourth-order valence-corrected chi connectivity index (χ4v) is 1.68. The van der Waals surface area contributed by atoms with Gasteiger partial charge in [-0.15, -0.1) is 0 Å². The van der Waals surface area contributed by atoms with Gasteiger partial charge in [0.15, 0.2) is 5.76 Å². The molecule has 0 spiro atoms. The lowest BCUT2D eigenvalue weighted by Crippen LogP contribution is -2.31. The van der Waals surface area contributed by atoms with Crippen molar-refractivity contribution in [2.75, 3.05) is 11.5 Å². The van der Waals surface area contributed by atoms with Crippen LogP contribution in [-0.2, 0) is 9.59 Å². The maximum Gasteiger partial charge on any atom is 0.304 e. The summed E-state index contributed by atoms with van der Waals surface area (Å²) in [5.41, 5.74) is 0. The van der Waals surface area contributed by atoms with Crippen LogP contribution in [0.15, 0.2) is 22.8 Å². The van der Waals surface area contributed by atoms with Gasteiger partial charge in [0, 0.05) is 5.75 Å². The Balaban J connectivity index is 2.21. The molecule has 0 radical (unpaired) electrons. The standard InChI is InChI=1S/C10H11NO5S/c12-8(6-17-5-3-9(13)14)11-10(15)7-2-1-4-16-7/h1-2,4H,3,5-6H2,(H,13,14)(H,11,12,15). The van der Waals surface area contributed by atoms with Crippen LogP contribution in [0.25, 0.3) is 0 Å². The van der Waals surface area contributed by atoms with Crippen LogP contribution in [0, 0.1) is 0 Å². The lowest BCUT2D eigenvalue weighted by atomic mass is 10.4. The largest absolute Gasteiger partial charge is 0.481 e. The van der Waals surface area contributed by atoms with E-state index in [4.69, 9.17) is 9.52 Å². The Labute approximate surface area is 101 Å². The highest BCUT2D eigenvalue weighted by molar-refractivity contribution is 7.99. The highest BCUT2D eigenvalue weighted by atomic mass is 32.2. The van der Waals surface area contributed by atoms with Crippen LogP contribution in [0.4, 0.5) is 0 Å². The second kappa shape index (κ2) is 6.74. The zero-order valence-electron chi connectivity index (χ0n) is 8.84. The van der Waals surface area contributed by atoms with Crippen molar-refractivity contribution in [1.29, 1.82) is 0 Å². The summed E-state index contributed by atoms with van der Waals surface area (Å²) in [5.74, 6) is -1.55. The molecular weight excluding hydrogens is 246 g/mol. The van der Waals surface area contributed by atoms with Crippen LogP contribution >= 0.6 is 11.8 Å². The zero-order valence-corrected chi connectivity index (χ0v) is 9.66. The molecule has 0 fully saturated rings. The number of imide groups is 1. The van der Waals surface area contributed by atoms with E-state index in [1.54, 1.807) is 6.07 Å². The number of carboxylic acid groups (broad SMARTS) is 1. The molecule has 0 saturated heterocycles. The molecular formula is C10H11NO5S. The Kier molecular flexibility index (Phi) is 5.28. The third-order valence-electron chi connectivity index (χ3n) is 1.69. The summed E-state index contributed by atoms with van der Waals surface area (Å²) in [6.07, 6.45) is 1.32. The Bertz CT molecular complexity index is 401. The number of amides is 2. The quantitative estimate of drug-likeness (QED) is 0.730. The topological polar surface area (TPSA) is 96.6 Å². The number of rotatable bonds is 6. The van der Waals surface area contributed by atoms with E-state index in [1.807, 2.05) is 0 Å². The highest BCUT2D eigenvalue weighted by Crippen LogP contribution is 2.03. The van der Waals surface area contributed by atoms with E-state index in [0.717, 1.165) is 11.8 Å². The molecule has 0 unspecified atom stereocenters. The minimum Gasteiger partial charge on any atom is -0.481 e. The Morgan fingerprint density at radius 3 is 2.76 bits per heavy atom. The molecule has 0 atom stereocenters. The molecule has 1 aromatic heterocycles. The van der Waals surface area contributed by atoms with Crippen LogP contribution < -0.4 is 5.32 Å². The fraction of sp³-hybridized carbons (Fsp3) is 0.300.